The Balaban J connectivity index is 3.01. The fourth-order valence-corrected chi connectivity index (χ4v) is 2.12. The van der Waals surface area contributed by atoms with Crippen molar-refractivity contribution >= 4 is 8.32 Å². The second kappa shape index (κ2) is 4.18. The molecule has 1 aromatic carbocycles. The van der Waals surface area contributed by atoms with E-state index < -0.39 is 19.7 Å². The maximum atomic E-state index is 13.7. The molecule has 0 fully saturated rings. The van der Waals surface area contributed by atoms with Gasteiger partial charge in [-0.1, -0.05) is 6.07 Å². The highest BCUT2D eigenvalue weighted by molar-refractivity contribution is 6.70. The van der Waals surface area contributed by atoms with Crippen LogP contribution in [0.2, 0.25) is 19.6 Å². The van der Waals surface area contributed by atoms with Gasteiger partial charge in [0.1, 0.15) is 5.75 Å². The third-order valence-corrected chi connectivity index (χ3v) is 2.89. The number of halogens is 1. The predicted molar refractivity (Wildman–Crippen MR) is 65.6 cm³/mol. The van der Waals surface area contributed by atoms with Crippen molar-refractivity contribution in [2.24, 2.45) is 0 Å². The molecule has 0 bridgehead atoms. The van der Waals surface area contributed by atoms with E-state index in [1.54, 1.807) is 26.0 Å². The topological polar surface area (TPSA) is 29.5 Å². The van der Waals surface area contributed by atoms with Crippen molar-refractivity contribution in [2.75, 3.05) is 0 Å². The summed E-state index contributed by atoms with van der Waals surface area (Å²) in [6.07, 6.45) is 0. The first-order valence-corrected chi connectivity index (χ1v) is 8.72. The Bertz CT molecular complexity index is 378. The SMILES string of the molecule is CC(C)(O)c1ccc(O[Si](C)(C)C)c(F)c1. The Morgan fingerprint density at radius 1 is 1.25 bits per heavy atom. The summed E-state index contributed by atoms with van der Waals surface area (Å²) in [4.78, 5) is 0. The Kier molecular flexibility index (Phi) is 3.45. The first-order valence-electron chi connectivity index (χ1n) is 5.31. The molecule has 0 unspecified atom stereocenters. The molecule has 0 aromatic heterocycles. The average molecular weight is 242 g/mol. The highest BCUT2D eigenvalue weighted by Gasteiger charge is 2.21. The average Bonchev–Trinajstić information content (AvgIpc) is 2.04. The zero-order chi connectivity index (χ0) is 12.6. The lowest BCUT2D eigenvalue weighted by molar-refractivity contribution is 0.0782. The van der Waals surface area contributed by atoms with Crippen LogP contribution in [0.15, 0.2) is 18.2 Å². The van der Waals surface area contributed by atoms with Crippen LogP contribution in [0.1, 0.15) is 19.4 Å². The van der Waals surface area contributed by atoms with Crippen LogP contribution < -0.4 is 4.43 Å². The molecule has 0 aliphatic heterocycles. The van der Waals surface area contributed by atoms with Crippen LogP contribution in [0.4, 0.5) is 4.39 Å². The van der Waals surface area contributed by atoms with Crippen LogP contribution in [0.3, 0.4) is 0 Å². The molecular formula is C12H19FO2Si. The molecule has 1 aromatic rings. The van der Waals surface area contributed by atoms with Gasteiger partial charge in [0.25, 0.3) is 0 Å². The molecular weight excluding hydrogens is 223 g/mol. The number of benzene rings is 1. The van der Waals surface area contributed by atoms with Gasteiger partial charge in [0.15, 0.2) is 5.82 Å². The van der Waals surface area contributed by atoms with E-state index in [1.807, 2.05) is 19.6 Å². The fourth-order valence-electron chi connectivity index (χ4n) is 1.29. The summed E-state index contributed by atoms with van der Waals surface area (Å²) in [7, 11) is -1.80. The largest absolute Gasteiger partial charge is 0.542 e. The molecule has 16 heavy (non-hydrogen) atoms. The van der Waals surface area contributed by atoms with Gasteiger partial charge in [-0.2, -0.15) is 0 Å². The summed E-state index contributed by atoms with van der Waals surface area (Å²) in [5.41, 5.74) is -0.480. The van der Waals surface area contributed by atoms with E-state index in [-0.39, 0.29) is 5.75 Å². The maximum absolute atomic E-state index is 13.7. The third-order valence-electron chi connectivity index (χ3n) is 2.05. The van der Waals surface area contributed by atoms with Crippen LogP contribution in [0, 0.1) is 5.82 Å². The second-order valence-electron chi connectivity index (χ2n) is 5.42. The minimum absolute atomic E-state index is 0.271. The van der Waals surface area contributed by atoms with Crippen molar-refractivity contribution in [1.29, 1.82) is 0 Å². The van der Waals surface area contributed by atoms with Gasteiger partial charge in [-0.25, -0.2) is 4.39 Å². The number of aliphatic hydroxyl groups is 1. The van der Waals surface area contributed by atoms with E-state index in [4.69, 9.17) is 4.43 Å². The molecule has 4 heteroatoms. The quantitative estimate of drug-likeness (QED) is 0.824. The minimum Gasteiger partial charge on any atom is -0.542 e. The summed E-state index contributed by atoms with van der Waals surface area (Å²) >= 11 is 0. The first kappa shape index (κ1) is 13.2. The van der Waals surface area contributed by atoms with Crippen molar-refractivity contribution in [3.05, 3.63) is 29.6 Å². The van der Waals surface area contributed by atoms with Gasteiger partial charge < -0.3 is 9.53 Å². The molecule has 0 saturated heterocycles. The number of hydrogen-bond acceptors (Lipinski definition) is 2. The van der Waals surface area contributed by atoms with Gasteiger partial charge in [-0.3, -0.25) is 0 Å². The smallest absolute Gasteiger partial charge is 0.242 e. The van der Waals surface area contributed by atoms with Gasteiger partial charge >= 0.3 is 0 Å². The number of rotatable bonds is 3. The van der Waals surface area contributed by atoms with Crippen molar-refractivity contribution in [1.82, 2.24) is 0 Å². The van der Waals surface area contributed by atoms with E-state index in [1.165, 1.54) is 6.07 Å². The third kappa shape index (κ3) is 3.61. The molecule has 0 aliphatic rings. The standard InChI is InChI=1S/C12H19FO2Si/c1-12(2,14)9-6-7-11(10(13)8-9)15-16(3,4)5/h6-8,14H,1-5H3. The Morgan fingerprint density at radius 2 is 1.81 bits per heavy atom. The highest BCUT2D eigenvalue weighted by atomic mass is 28.4. The minimum atomic E-state index is -1.80. The first-order chi connectivity index (χ1) is 7.09. The van der Waals surface area contributed by atoms with Crippen LogP contribution in [-0.4, -0.2) is 13.4 Å². The number of hydrogen-bond donors (Lipinski definition) is 1. The Labute approximate surface area is 97.2 Å². The lowest BCUT2D eigenvalue weighted by Gasteiger charge is -2.22. The van der Waals surface area contributed by atoms with E-state index in [0.29, 0.717) is 5.56 Å². The van der Waals surface area contributed by atoms with Gasteiger partial charge in [0.05, 0.1) is 5.60 Å². The molecule has 0 radical (unpaired) electrons. The molecule has 0 spiro atoms. The predicted octanol–water partition coefficient (Wildman–Crippen LogP) is 3.27. The zero-order valence-electron chi connectivity index (χ0n) is 10.5. The van der Waals surface area contributed by atoms with Gasteiger partial charge in [0, 0.05) is 0 Å². The maximum Gasteiger partial charge on any atom is 0.242 e. The van der Waals surface area contributed by atoms with Crippen molar-refractivity contribution < 1.29 is 13.9 Å². The van der Waals surface area contributed by atoms with Crippen molar-refractivity contribution in [3.63, 3.8) is 0 Å². The zero-order valence-corrected chi connectivity index (χ0v) is 11.5. The highest BCUT2D eigenvalue weighted by Crippen LogP contribution is 2.26. The molecule has 0 aliphatic carbocycles. The Morgan fingerprint density at radius 3 is 2.19 bits per heavy atom. The molecule has 1 rings (SSSR count). The molecule has 1 N–H and O–H groups in total. The summed E-state index contributed by atoms with van der Waals surface area (Å²) in [5, 5.41) is 9.74. The van der Waals surface area contributed by atoms with E-state index in [9.17, 15) is 9.50 Å². The summed E-state index contributed by atoms with van der Waals surface area (Å²) in [5.74, 6) is -0.144. The molecule has 90 valence electrons. The van der Waals surface area contributed by atoms with Crippen LogP contribution >= 0.6 is 0 Å². The van der Waals surface area contributed by atoms with Gasteiger partial charge in [-0.15, -0.1) is 0 Å². The van der Waals surface area contributed by atoms with Gasteiger partial charge in [-0.05, 0) is 51.2 Å². The lowest BCUT2D eigenvalue weighted by atomic mass is 9.98. The molecule has 2 nitrogen and oxygen atoms in total. The van der Waals surface area contributed by atoms with Crippen LogP contribution in [0.5, 0.6) is 5.75 Å². The summed E-state index contributed by atoms with van der Waals surface area (Å²) in [6.45, 7) is 9.24. The lowest BCUT2D eigenvalue weighted by Crippen LogP contribution is -2.29. The molecule has 0 heterocycles. The molecule has 0 amide bonds. The molecule has 0 atom stereocenters. The second-order valence-corrected chi connectivity index (χ2v) is 9.85. The van der Waals surface area contributed by atoms with Crippen molar-refractivity contribution in [3.8, 4) is 5.75 Å². The van der Waals surface area contributed by atoms with Crippen molar-refractivity contribution in [2.45, 2.75) is 39.1 Å². The van der Waals surface area contributed by atoms with Crippen LogP contribution in [-0.2, 0) is 5.60 Å². The fraction of sp³-hybridized carbons (Fsp3) is 0.500. The van der Waals surface area contributed by atoms with E-state index in [2.05, 4.69) is 0 Å². The monoisotopic (exact) mass is 242 g/mol. The summed E-state index contributed by atoms with van der Waals surface area (Å²) in [6, 6.07) is 4.61. The molecule has 0 saturated carbocycles. The van der Waals surface area contributed by atoms with E-state index in [0.717, 1.165) is 0 Å². The van der Waals surface area contributed by atoms with Crippen LogP contribution in [0.25, 0.3) is 0 Å². The summed E-state index contributed by atoms with van der Waals surface area (Å²) < 4.78 is 19.3. The van der Waals surface area contributed by atoms with Gasteiger partial charge in [0.2, 0.25) is 8.32 Å². The van der Waals surface area contributed by atoms with E-state index >= 15 is 0 Å². The normalized spacial score (nSPS) is 12.7. The Hall–Kier alpha value is -0.873.